The summed E-state index contributed by atoms with van der Waals surface area (Å²) in [4.78, 5) is 25.9. The summed E-state index contributed by atoms with van der Waals surface area (Å²) in [6.45, 7) is 3.79. The summed E-state index contributed by atoms with van der Waals surface area (Å²) in [5.41, 5.74) is 1.24. The van der Waals surface area contributed by atoms with Gasteiger partial charge in [-0.1, -0.05) is 17.7 Å². The highest BCUT2D eigenvalue weighted by Crippen LogP contribution is 2.21. The molecule has 0 saturated carbocycles. The molecule has 2 amide bonds. The second kappa shape index (κ2) is 6.88. The Kier molecular flexibility index (Phi) is 5.31. The third kappa shape index (κ3) is 4.23. The predicted octanol–water partition coefficient (Wildman–Crippen LogP) is 1.62. The average molecular weight is 359 g/mol. The Morgan fingerprint density at radius 3 is 2.65 bits per heavy atom. The lowest BCUT2D eigenvalue weighted by atomic mass is 10.2. The Labute approximate surface area is 140 Å². The highest BCUT2D eigenvalue weighted by atomic mass is 35.5. The standard InChI is InChI=1S/C15H19ClN2O4S/c1-3-18(12-6-7-23(21,22)9-12)15(20)14(19)17-13-8-11(16)5-4-10(13)2/h4-5,8,12H,3,6-7,9H2,1-2H3,(H,17,19). The topological polar surface area (TPSA) is 83.6 Å². The first kappa shape index (κ1) is 17.7. The molecule has 1 unspecified atom stereocenters. The number of rotatable bonds is 3. The normalized spacial score (nSPS) is 19.3. The van der Waals surface area contributed by atoms with Crippen LogP contribution in [0.4, 0.5) is 5.69 Å². The number of anilines is 1. The van der Waals surface area contributed by atoms with Gasteiger partial charge in [-0.15, -0.1) is 0 Å². The lowest BCUT2D eigenvalue weighted by Gasteiger charge is -2.26. The van der Waals surface area contributed by atoms with Gasteiger partial charge >= 0.3 is 11.8 Å². The Hall–Kier alpha value is -1.60. The minimum atomic E-state index is -3.12. The molecule has 0 aromatic heterocycles. The molecule has 8 heteroatoms. The zero-order valence-corrected chi connectivity index (χ0v) is 14.6. The lowest BCUT2D eigenvalue weighted by molar-refractivity contribution is -0.144. The van der Waals surface area contributed by atoms with Crippen molar-refractivity contribution in [2.75, 3.05) is 23.4 Å². The number of nitrogens with one attached hydrogen (secondary N) is 1. The van der Waals surface area contributed by atoms with Gasteiger partial charge in [0.2, 0.25) is 0 Å². The number of likely N-dealkylation sites (N-methyl/N-ethyl adjacent to an activating group) is 1. The van der Waals surface area contributed by atoms with E-state index in [0.717, 1.165) is 5.56 Å². The van der Waals surface area contributed by atoms with E-state index in [1.807, 2.05) is 0 Å². The zero-order valence-electron chi connectivity index (χ0n) is 13.0. The highest BCUT2D eigenvalue weighted by molar-refractivity contribution is 7.91. The second-order valence-corrected chi connectivity index (χ2v) is 8.23. The summed E-state index contributed by atoms with van der Waals surface area (Å²) in [6.07, 6.45) is 0.366. The molecule has 1 heterocycles. The molecule has 1 aliphatic rings. The number of benzene rings is 1. The number of hydrogen-bond donors (Lipinski definition) is 1. The Bertz CT molecular complexity index is 733. The van der Waals surface area contributed by atoms with Gasteiger partial charge in [-0.2, -0.15) is 0 Å². The maximum absolute atomic E-state index is 12.4. The number of aryl methyl sites for hydroxylation is 1. The van der Waals surface area contributed by atoms with Gasteiger partial charge < -0.3 is 10.2 Å². The molecule has 1 aromatic rings. The van der Waals surface area contributed by atoms with Crippen molar-refractivity contribution < 1.29 is 18.0 Å². The average Bonchev–Trinajstić information content (AvgIpc) is 2.83. The molecule has 1 atom stereocenters. The fraction of sp³-hybridized carbons (Fsp3) is 0.467. The van der Waals surface area contributed by atoms with Crippen LogP contribution in [0.25, 0.3) is 0 Å². The fourth-order valence-electron chi connectivity index (χ4n) is 2.62. The molecule has 1 N–H and O–H groups in total. The summed E-state index contributed by atoms with van der Waals surface area (Å²) in [5.74, 6) is -1.55. The van der Waals surface area contributed by atoms with E-state index in [9.17, 15) is 18.0 Å². The van der Waals surface area contributed by atoms with Gasteiger partial charge in [0, 0.05) is 23.3 Å². The Morgan fingerprint density at radius 2 is 2.09 bits per heavy atom. The fourth-order valence-corrected chi connectivity index (χ4v) is 4.53. The SMILES string of the molecule is CCN(C(=O)C(=O)Nc1cc(Cl)ccc1C)C1CCS(=O)(=O)C1. The van der Waals surface area contributed by atoms with Crippen molar-refractivity contribution in [2.24, 2.45) is 0 Å². The number of halogens is 1. The first-order valence-electron chi connectivity index (χ1n) is 7.32. The minimum absolute atomic E-state index is 0.0521. The van der Waals surface area contributed by atoms with Crippen LogP contribution in [0.1, 0.15) is 18.9 Å². The molecule has 0 spiro atoms. The van der Waals surface area contributed by atoms with Gasteiger partial charge in [-0.05, 0) is 38.0 Å². The first-order chi connectivity index (χ1) is 10.7. The van der Waals surface area contributed by atoms with Crippen molar-refractivity contribution >= 4 is 38.9 Å². The van der Waals surface area contributed by atoms with Crippen LogP contribution in [-0.4, -0.2) is 49.2 Å². The van der Waals surface area contributed by atoms with Gasteiger partial charge in [-0.3, -0.25) is 9.59 Å². The first-order valence-corrected chi connectivity index (χ1v) is 9.52. The van der Waals surface area contributed by atoms with Gasteiger partial charge in [0.05, 0.1) is 11.5 Å². The monoisotopic (exact) mass is 358 g/mol. The molecule has 0 bridgehead atoms. The van der Waals surface area contributed by atoms with Crippen molar-refractivity contribution in [3.63, 3.8) is 0 Å². The van der Waals surface area contributed by atoms with Gasteiger partial charge in [0.15, 0.2) is 9.84 Å². The molecular formula is C15H19ClN2O4S. The van der Waals surface area contributed by atoms with Crippen LogP contribution in [0.2, 0.25) is 5.02 Å². The van der Waals surface area contributed by atoms with Crippen molar-refractivity contribution in [1.29, 1.82) is 0 Å². The molecule has 126 valence electrons. The third-order valence-electron chi connectivity index (χ3n) is 3.89. The van der Waals surface area contributed by atoms with E-state index in [2.05, 4.69) is 5.32 Å². The van der Waals surface area contributed by atoms with Crippen LogP contribution in [0.15, 0.2) is 18.2 Å². The highest BCUT2D eigenvalue weighted by Gasteiger charge is 2.36. The van der Waals surface area contributed by atoms with Gasteiger partial charge in [-0.25, -0.2) is 8.42 Å². The zero-order chi connectivity index (χ0) is 17.2. The van der Waals surface area contributed by atoms with Crippen molar-refractivity contribution in [3.05, 3.63) is 28.8 Å². The summed E-state index contributed by atoms with van der Waals surface area (Å²) in [6, 6.07) is 4.56. The van der Waals surface area contributed by atoms with E-state index in [-0.39, 0.29) is 18.1 Å². The molecule has 0 radical (unpaired) electrons. The van der Waals surface area contributed by atoms with E-state index < -0.39 is 27.7 Å². The molecule has 1 aromatic carbocycles. The maximum atomic E-state index is 12.4. The molecule has 1 saturated heterocycles. The van der Waals surface area contributed by atoms with Crippen molar-refractivity contribution in [1.82, 2.24) is 4.90 Å². The van der Waals surface area contributed by atoms with E-state index in [4.69, 9.17) is 11.6 Å². The molecule has 6 nitrogen and oxygen atoms in total. The smallest absolute Gasteiger partial charge is 0.313 e. The molecule has 1 aliphatic heterocycles. The van der Waals surface area contributed by atoms with E-state index in [1.165, 1.54) is 4.90 Å². The number of carbonyl (C=O) groups excluding carboxylic acids is 2. The summed E-state index contributed by atoms with van der Waals surface area (Å²) in [7, 11) is -3.12. The predicted molar refractivity (Wildman–Crippen MR) is 89.3 cm³/mol. The van der Waals surface area contributed by atoms with Crippen molar-refractivity contribution in [2.45, 2.75) is 26.3 Å². The lowest BCUT2D eigenvalue weighted by Crippen LogP contribution is -2.46. The second-order valence-electron chi connectivity index (χ2n) is 5.56. The third-order valence-corrected chi connectivity index (χ3v) is 5.88. The van der Waals surface area contributed by atoms with Gasteiger partial charge in [0.1, 0.15) is 0 Å². The van der Waals surface area contributed by atoms with E-state index in [0.29, 0.717) is 17.1 Å². The number of sulfone groups is 1. The number of hydrogen-bond acceptors (Lipinski definition) is 4. The summed E-state index contributed by atoms with van der Waals surface area (Å²) < 4.78 is 23.1. The maximum Gasteiger partial charge on any atom is 0.313 e. The van der Waals surface area contributed by atoms with E-state index >= 15 is 0 Å². The Balaban J connectivity index is 2.11. The van der Waals surface area contributed by atoms with Crippen LogP contribution in [0.5, 0.6) is 0 Å². The summed E-state index contributed by atoms with van der Waals surface area (Å²) >= 11 is 5.89. The molecule has 1 fully saturated rings. The van der Waals surface area contributed by atoms with Crippen LogP contribution < -0.4 is 5.32 Å². The molecule has 23 heavy (non-hydrogen) atoms. The van der Waals surface area contributed by atoms with Crippen LogP contribution in [0.3, 0.4) is 0 Å². The molecular weight excluding hydrogens is 340 g/mol. The Morgan fingerprint density at radius 1 is 1.39 bits per heavy atom. The number of carbonyl (C=O) groups is 2. The minimum Gasteiger partial charge on any atom is -0.331 e. The van der Waals surface area contributed by atoms with Crippen molar-refractivity contribution in [3.8, 4) is 0 Å². The quantitative estimate of drug-likeness (QED) is 0.832. The summed E-state index contributed by atoms with van der Waals surface area (Å²) in [5, 5.41) is 3.00. The number of amides is 2. The van der Waals surface area contributed by atoms with Crippen LogP contribution >= 0.6 is 11.6 Å². The molecule has 2 rings (SSSR count). The van der Waals surface area contributed by atoms with Gasteiger partial charge in [0.25, 0.3) is 0 Å². The molecule has 0 aliphatic carbocycles. The van der Waals surface area contributed by atoms with Crippen LogP contribution in [-0.2, 0) is 19.4 Å². The largest absolute Gasteiger partial charge is 0.331 e. The number of nitrogens with zero attached hydrogens (tertiary/aromatic N) is 1. The van der Waals surface area contributed by atoms with E-state index in [1.54, 1.807) is 32.0 Å². The van der Waals surface area contributed by atoms with Crippen LogP contribution in [0, 0.1) is 6.92 Å².